The van der Waals surface area contributed by atoms with E-state index in [-0.39, 0.29) is 24.0 Å². The summed E-state index contributed by atoms with van der Waals surface area (Å²) in [4.78, 5) is 16.3. The van der Waals surface area contributed by atoms with Gasteiger partial charge < -0.3 is 15.2 Å². The molecule has 2 N–H and O–H groups in total. The maximum absolute atomic E-state index is 4.83. The Morgan fingerprint density at radius 3 is 2.52 bits per heavy atom. The van der Waals surface area contributed by atoms with Crippen molar-refractivity contribution in [1.82, 2.24) is 30.1 Å². The van der Waals surface area contributed by atoms with Gasteiger partial charge in [-0.3, -0.25) is 9.88 Å². The molecule has 0 bridgehead atoms. The number of halogens is 1. The minimum Gasteiger partial charge on any atom is -0.357 e. The number of likely N-dealkylation sites (tertiary alicyclic amines) is 1. The average Bonchev–Trinajstić information content (AvgIpc) is 3.27. The van der Waals surface area contributed by atoms with E-state index in [1.165, 1.54) is 5.56 Å². The van der Waals surface area contributed by atoms with Crippen molar-refractivity contribution in [3.8, 4) is 0 Å². The van der Waals surface area contributed by atoms with Crippen molar-refractivity contribution in [2.45, 2.75) is 45.4 Å². The second kappa shape index (κ2) is 13.3. The largest absolute Gasteiger partial charge is 0.357 e. The molecule has 176 valence electrons. The normalized spacial score (nSPS) is 15.1. The van der Waals surface area contributed by atoms with Crippen LogP contribution in [0.1, 0.15) is 36.8 Å². The quantitative estimate of drug-likeness (QED) is 0.251. The van der Waals surface area contributed by atoms with Gasteiger partial charge in [-0.05, 0) is 37.5 Å². The Morgan fingerprint density at radius 2 is 1.79 bits per heavy atom. The molecule has 3 aromatic rings. The highest BCUT2D eigenvalue weighted by Crippen LogP contribution is 2.13. The third-order valence-electron chi connectivity index (χ3n) is 5.76. The fourth-order valence-electron chi connectivity index (χ4n) is 4.04. The molecule has 0 unspecified atom stereocenters. The topological polar surface area (TPSA) is 70.4 Å². The summed E-state index contributed by atoms with van der Waals surface area (Å²) in [5.74, 6) is 1.83. The van der Waals surface area contributed by atoms with Gasteiger partial charge in [-0.1, -0.05) is 36.4 Å². The van der Waals surface area contributed by atoms with Gasteiger partial charge in [-0.2, -0.15) is 0 Å². The summed E-state index contributed by atoms with van der Waals surface area (Å²) >= 11 is 0. The highest BCUT2D eigenvalue weighted by molar-refractivity contribution is 14.0. The molecule has 33 heavy (non-hydrogen) atoms. The smallest absolute Gasteiger partial charge is 0.191 e. The van der Waals surface area contributed by atoms with Crippen LogP contribution in [-0.2, 0) is 19.6 Å². The lowest BCUT2D eigenvalue weighted by Gasteiger charge is -2.32. The van der Waals surface area contributed by atoms with Gasteiger partial charge in [0.2, 0.25) is 0 Å². The molecule has 0 saturated carbocycles. The maximum Gasteiger partial charge on any atom is 0.191 e. The highest BCUT2D eigenvalue weighted by Gasteiger charge is 2.20. The molecule has 2 aromatic heterocycles. The third kappa shape index (κ3) is 7.82. The predicted octanol–water partition coefficient (Wildman–Crippen LogP) is 3.66. The van der Waals surface area contributed by atoms with Gasteiger partial charge in [0, 0.05) is 57.4 Å². The molecular weight excluding hydrogens is 525 g/mol. The minimum atomic E-state index is 0. The number of hydrogen-bond donors (Lipinski definition) is 2. The molecule has 1 aliphatic heterocycles. The number of imidazole rings is 1. The first-order chi connectivity index (χ1) is 15.8. The van der Waals surface area contributed by atoms with Crippen LogP contribution < -0.4 is 10.6 Å². The first-order valence-electron chi connectivity index (χ1n) is 11.5. The number of nitrogens with one attached hydrogen (secondary N) is 2. The van der Waals surface area contributed by atoms with Gasteiger partial charge in [0.05, 0.1) is 5.69 Å². The van der Waals surface area contributed by atoms with Crippen LogP contribution >= 0.6 is 24.0 Å². The van der Waals surface area contributed by atoms with E-state index in [0.717, 1.165) is 63.0 Å². The summed E-state index contributed by atoms with van der Waals surface area (Å²) in [6.07, 6.45) is 7.94. The predicted molar refractivity (Wildman–Crippen MR) is 144 cm³/mol. The molecule has 4 rings (SSSR count). The highest BCUT2D eigenvalue weighted by atomic mass is 127. The molecule has 7 nitrogen and oxygen atoms in total. The summed E-state index contributed by atoms with van der Waals surface area (Å²) in [6.45, 7) is 7.35. The van der Waals surface area contributed by atoms with Crippen molar-refractivity contribution in [3.05, 3.63) is 84.2 Å². The van der Waals surface area contributed by atoms with E-state index in [2.05, 4.69) is 73.4 Å². The summed E-state index contributed by atoms with van der Waals surface area (Å²) < 4.78 is 2.17. The number of rotatable bonds is 8. The number of guanidine groups is 1. The van der Waals surface area contributed by atoms with Crippen LogP contribution in [0.25, 0.3) is 0 Å². The van der Waals surface area contributed by atoms with Crippen molar-refractivity contribution >= 4 is 29.9 Å². The van der Waals surface area contributed by atoms with Crippen molar-refractivity contribution in [2.75, 3.05) is 19.6 Å². The third-order valence-corrected chi connectivity index (χ3v) is 5.76. The molecule has 0 atom stereocenters. The molecule has 1 aromatic carbocycles. The molecule has 8 heteroatoms. The lowest BCUT2D eigenvalue weighted by atomic mass is 10.0. The van der Waals surface area contributed by atoms with Crippen LogP contribution in [0.3, 0.4) is 0 Å². The summed E-state index contributed by atoms with van der Waals surface area (Å²) in [5.41, 5.74) is 2.40. The van der Waals surface area contributed by atoms with Gasteiger partial charge in [0.1, 0.15) is 12.4 Å². The molecule has 0 amide bonds. The van der Waals surface area contributed by atoms with Gasteiger partial charge >= 0.3 is 0 Å². The molecule has 3 heterocycles. The Labute approximate surface area is 213 Å². The van der Waals surface area contributed by atoms with Crippen molar-refractivity contribution in [1.29, 1.82) is 0 Å². The molecular formula is C25H34IN7. The van der Waals surface area contributed by atoms with Crippen molar-refractivity contribution in [2.24, 2.45) is 4.99 Å². The maximum atomic E-state index is 4.83. The zero-order valence-corrected chi connectivity index (χ0v) is 21.6. The first-order valence-corrected chi connectivity index (χ1v) is 11.5. The van der Waals surface area contributed by atoms with Gasteiger partial charge in [0.15, 0.2) is 5.96 Å². The monoisotopic (exact) mass is 559 g/mol. The van der Waals surface area contributed by atoms with Crippen LogP contribution in [0, 0.1) is 0 Å². The van der Waals surface area contributed by atoms with E-state index in [1.807, 2.05) is 30.7 Å². The minimum absolute atomic E-state index is 0. The first kappa shape index (κ1) is 25.2. The fourth-order valence-corrected chi connectivity index (χ4v) is 4.04. The number of nitrogens with zero attached hydrogens (tertiary/aromatic N) is 5. The zero-order valence-electron chi connectivity index (χ0n) is 19.2. The second-order valence-electron chi connectivity index (χ2n) is 8.17. The molecule has 1 aliphatic rings. The lowest BCUT2D eigenvalue weighted by Crippen LogP contribution is -2.48. The van der Waals surface area contributed by atoms with E-state index in [1.54, 1.807) is 0 Å². The second-order valence-corrected chi connectivity index (χ2v) is 8.17. The van der Waals surface area contributed by atoms with Crippen LogP contribution in [0.2, 0.25) is 0 Å². The summed E-state index contributed by atoms with van der Waals surface area (Å²) in [5, 5.41) is 7.02. The Balaban J connectivity index is 0.00000306. The Hall–Kier alpha value is -2.46. The Morgan fingerprint density at radius 1 is 1.00 bits per heavy atom. The van der Waals surface area contributed by atoms with E-state index in [4.69, 9.17) is 4.99 Å². The lowest BCUT2D eigenvalue weighted by molar-refractivity contribution is 0.196. The molecule has 1 fully saturated rings. The average molecular weight is 560 g/mol. The van der Waals surface area contributed by atoms with Crippen LogP contribution in [0.5, 0.6) is 0 Å². The number of benzene rings is 1. The molecule has 1 saturated heterocycles. The van der Waals surface area contributed by atoms with Crippen LogP contribution in [-0.4, -0.2) is 51.1 Å². The number of pyridine rings is 1. The standard InChI is InChI=1S/C25H33N7.HI/c1-2-26-25(29-18-24-28-14-17-32(24)19-21-8-4-3-5-9-21)30-22-11-15-31(16-12-22)20-23-10-6-7-13-27-23;/h3-10,13-14,17,22H,2,11-12,15-16,18-20H2,1H3,(H2,26,29,30);1H. The van der Waals surface area contributed by atoms with E-state index < -0.39 is 0 Å². The van der Waals surface area contributed by atoms with E-state index in [0.29, 0.717) is 12.6 Å². The number of aliphatic imine (C=N–C) groups is 1. The zero-order chi connectivity index (χ0) is 22.0. The summed E-state index contributed by atoms with van der Waals surface area (Å²) in [6, 6.07) is 17.0. The summed E-state index contributed by atoms with van der Waals surface area (Å²) in [7, 11) is 0. The van der Waals surface area contributed by atoms with Crippen molar-refractivity contribution < 1.29 is 0 Å². The number of hydrogen-bond acceptors (Lipinski definition) is 4. The Bertz CT molecular complexity index is 967. The molecule has 0 spiro atoms. The number of piperidine rings is 1. The fraction of sp³-hybridized carbons (Fsp3) is 0.400. The van der Waals surface area contributed by atoms with Gasteiger partial charge in [0.25, 0.3) is 0 Å². The van der Waals surface area contributed by atoms with Gasteiger partial charge in [-0.15, -0.1) is 24.0 Å². The van der Waals surface area contributed by atoms with Gasteiger partial charge in [-0.25, -0.2) is 9.98 Å². The SMILES string of the molecule is CCNC(=NCc1nccn1Cc1ccccc1)NC1CCN(Cc2ccccn2)CC1.I. The van der Waals surface area contributed by atoms with E-state index >= 15 is 0 Å². The Kier molecular flexibility index (Phi) is 10.1. The van der Waals surface area contributed by atoms with Crippen LogP contribution in [0.15, 0.2) is 72.1 Å². The van der Waals surface area contributed by atoms with Crippen molar-refractivity contribution in [3.63, 3.8) is 0 Å². The van der Waals surface area contributed by atoms with Crippen LogP contribution in [0.4, 0.5) is 0 Å². The molecule has 0 radical (unpaired) electrons. The van der Waals surface area contributed by atoms with E-state index in [9.17, 15) is 0 Å². The molecule has 0 aliphatic carbocycles. The number of aromatic nitrogens is 3.